The first-order valence-corrected chi connectivity index (χ1v) is 3.64. The molecule has 1 atom stereocenters. The first-order chi connectivity index (χ1) is 4.06. The van der Waals surface area contributed by atoms with Gasteiger partial charge in [0, 0.05) is 7.11 Å². The van der Waals surface area contributed by atoms with E-state index in [1.165, 1.54) is 7.11 Å². The molecule has 0 saturated carbocycles. The second-order valence-corrected chi connectivity index (χ2v) is 2.38. The molecule has 0 fully saturated rings. The Balaban J connectivity index is 0. The first-order valence-electron chi connectivity index (χ1n) is 2.20. The third-order valence-electron chi connectivity index (χ3n) is 0.533. The summed E-state index contributed by atoms with van der Waals surface area (Å²) in [6.45, 7) is -0.204. The Bertz CT molecular complexity index is 115. The van der Waals surface area contributed by atoms with Gasteiger partial charge < -0.3 is 14.2 Å². The Labute approximate surface area is 70.5 Å². The summed E-state index contributed by atoms with van der Waals surface area (Å²) in [5.74, 6) is 0. The van der Waals surface area contributed by atoms with Gasteiger partial charge >= 0.3 is 26.8 Å². The first kappa shape index (κ1) is 13.2. The van der Waals surface area contributed by atoms with Gasteiger partial charge in [0.2, 0.25) is 0 Å². The van der Waals surface area contributed by atoms with Gasteiger partial charge in [0.1, 0.15) is 0 Å². The standard InChI is InChI=1S/C3H8FO4P.Li/c1-7-2-3-8-9(4,5)6;/h2-3H2,1H3,(H,5,6);/q;+1/p-1. The van der Waals surface area contributed by atoms with Crippen LogP contribution in [0.2, 0.25) is 0 Å². The molecule has 0 amide bonds. The quantitative estimate of drug-likeness (QED) is 0.254. The Morgan fingerprint density at radius 2 is 2.10 bits per heavy atom. The molecule has 1 unspecified atom stereocenters. The molecule has 0 heterocycles. The molecule has 0 N–H and O–H groups in total. The normalized spacial score (nSPS) is 15.5. The van der Waals surface area contributed by atoms with Crippen molar-refractivity contribution in [3.05, 3.63) is 0 Å². The Hall–Kier alpha value is 0.637. The van der Waals surface area contributed by atoms with Gasteiger partial charge in [0.25, 0.3) is 0 Å². The second-order valence-electron chi connectivity index (χ2n) is 1.26. The molecule has 4 nitrogen and oxygen atoms in total. The molecule has 0 rings (SSSR count). The minimum atomic E-state index is -5.03. The fraction of sp³-hybridized carbons (Fsp3) is 1.00. The summed E-state index contributed by atoms with van der Waals surface area (Å²) in [5.41, 5.74) is 0. The van der Waals surface area contributed by atoms with E-state index in [0.717, 1.165) is 0 Å². The molecule has 0 aromatic rings. The van der Waals surface area contributed by atoms with Gasteiger partial charge in [-0.1, -0.05) is 0 Å². The van der Waals surface area contributed by atoms with Crippen LogP contribution in [0.4, 0.5) is 4.20 Å². The summed E-state index contributed by atoms with van der Waals surface area (Å²) in [7, 11) is -3.67. The van der Waals surface area contributed by atoms with E-state index in [0.29, 0.717) is 0 Å². The molecule has 10 heavy (non-hydrogen) atoms. The fourth-order valence-corrected chi connectivity index (χ4v) is 0.522. The molecule has 0 aliphatic heterocycles. The van der Waals surface area contributed by atoms with Crippen LogP contribution in [0.5, 0.6) is 0 Å². The minimum Gasteiger partial charge on any atom is -0.753 e. The molecule has 0 aliphatic rings. The van der Waals surface area contributed by atoms with Crippen LogP contribution in [0.1, 0.15) is 0 Å². The van der Waals surface area contributed by atoms with Crippen LogP contribution in [-0.2, 0) is 13.8 Å². The zero-order valence-corrected chi connectivity index (χ0v) is 6.77. The van der Waals surface area contributed by atoms with E-state index in [1.807, 2.05) is 0 Å². The second kappa shape index (κ2) is 6.35. The van der Waals surface area contributed by atoms with Gasteiger partial charge in [0.15, 0.2) is 0 Å². The zero-order chi connectivity index (χ0) is 7.33. The third kappa shape index (κ3) is 11.4. The van der Waals surface area contributed by atoms with Crippen molar-refractivity contribution in [1.29, 1.82) is 0 Å². The number of ether oxygens (including phenoxy) is 1. The predicted octanol–water partition coefficient (Wildman–Crippen LogP) is -2.91. The third-order valence-corrected chi connectivity index (χ3v) is 1.02. The summed E-state index contributed by atoms with van der Waals surface area (Å²) in [6.07, 6.45) is 0. The Morgan fingerprint density at radius 1 is 1.60 bits per heavy atom. The van der Waals surface area contributed by atoms with Crippen molar-refractivity contribution < 1.29 is 41.8 Å². The number of halogens is 1. The molecule has 56 valence electrons. The molecule has 0 aromatic carbocycles. The molecule has 0 radical (unpaired) electrons. The largest absolute Gasteiger partial charge is 1.00 e. The fourth-order valence-electron chi connectivity index (χ4n) is 0.230. The smallest absolute Gasteiger partial charge is 0.753 e. The van der Waals surface area contributed by atoms with Gasteiger partial charge in [-0.05, 0) is 0 Å². The van der Waals surface area contributed by atoms with E-state index in [9.17, 15) is 13.7 Å². The zero-order valence-electron chi connectivity index (χ0n) is 5.87. The van der Waals surface area contributed by atoms with Crippen LogP contribution in [0.3, 0.4) is 0 Å². The van der Waals surface area contributed by atoms with Crippen LogP contribution in [0.15, 0.2) is 0 Å². The summed E-state index contributed by atoms with van der Waals surface area (Å²) in [5, 5.41) is 0. The predicted molar refractivity (Wildman–Crippen MR) is 26.5 cm³/mol. The number of rotatable bonds is 4. The van der Waals surface area contributed by atoms with Crippen molar-refractivity contribution in [2.45, 2.75) is 0 Å². The summed E-state index contributed by atoms with van der Waals surface area (Å²) < 4.78 is 29.1. The van der Waals surface area contributed by atoms with Gasteiger partial charge in [-0.15, -0.1) is 0 Å². The SMILES string of the molecule is COCCOP(=O)([O-])F.[Li+]. The van der Waals surface area contributed by atoms with E-state index < -0.39 is 7.91 Å². The Morgan fingerprint density at radius 3 is 2.40 bits per heavy atom. The number of hydrogen-bond donors (Lipinski definition) is 0. The van der Waals surface area contributed by atoms with Gasteiger partial charge in [-0.2, -0.15) is 4.20 Å². The number of methoxy groups -OCH3 is 1. The average Bonchev–Trinajstić information content (AvgIpc) is 1.63. The molecule has 0 aliphatic carbocycles. The molecule has 0 saturated heterocycles. The summed E-state index contributed by atoms with van der Waals surface area (Å²) in [6, 6.07) is 0. The van der Waals surface area contributed by atoms with E-state index >= 15 is 0 Å². The molecule has 0 aromatic heterocycles. The maximum atomic E-state index is 11.4. The minimum absolute atomic E-state index is 0. The van der Waals surface area contributed by atoms with Gasteiger partial charge in [0.05, 0.1) is 13.2 Å². The van der Waals surface area contributed by atoms with Gasteiger partial charge in [-0.3, -0.25) is 4.57 Å². The monoisotopic (exact) mass is 164 g/mol. The summed E-state index contributed by atoms with van der Waals surface area (Å²) in [4.78, 5) is 9.59. The van der Waals surface area contributed by atoms with Crippen LogP contribution in [0, 0.1) is 0 Å². The van der Waals surface area contributed by atoms with Crippen molar-refractivity contribution in [1.82, 2.24) is 0 Å². The van der Waals surface area contributed by atoms with Crippen molar-refractivity contribution in [3.8, 4) is 0 Å². The van der Waals surface area contributed by atoms with Crippen LogP contribution < -0.4 is 23.8 Å². The molecule has 7 heteroatoms. The van der Waals surface area contributed by atoms with Gasteiger partial charge in [-0.25, -0.2) is 0 Å². The molecule has 0 spiro atoms. The van der Waals surface area contributed by atoms with Crippen molar-refractivity contribution in [2.75, 3.05) is 20.3 Å². The van der Waals surface area contributed by atoms with Crippen LogP contribution in [0.25, 0.3) is 0 Å². The van der Waals surface area contributed by atoms with Crippen molar-refractivity contribution in [3.63, 3.8) is 0 Å². The average molecular weight is 164 g/mol. The van der Waals surface area contributed by atoms with E-state index in [2.05, 4.69) is 9.26 Å². The van der Waals surface area contributed by atoms with E-state index in [1.54, 1.807) is 0 Å². The van der Waals surface area contributed by atoms with Crippen molar-refractivity contribution in [2.24, 2.45) is 0 Å². The maximum Gasteiger partial charge on any atom is 1.00 e. The summed E-state index contributed by atoms with van der Waals surface area (Å²) >= 11 is 0. The van der Waals surface area contributed by atoms with Crippen LogP contribution in [-0.4, -0.2) is 20.3 Å². The van der Waals surface area contributed by atoms with Crippen LogP contribution >= 0.6 is 7.91 Å². The van der Waals surface area contributed by atoms with E-state index in [-0.39, 0.29) is 32.1 Å². The molecule has 0 bridgehead atoms. The molecular formula is C3H7FLiO4P. The molecular weight excluding hydrogens is 157 g/mol. The maximum absolute atomic E-state index is 11.4. The Kier molecular flexibility index (Phi) is 8.41. The van der Waals surface area contributed by atoms with Crippen molar-refractivity contribution >= 4 is 7.91 Å². The topological polar surface area (TPSA) is 58.6 Å². The van der Waals surface area contributed by atoms with E-state index in [4.69, 9.17) is 0 Å². The number of hydrogen-bond acceptors (Lipinski definition) is 4.